The molecule has 0 spiro atoms. The smallest absolute Gasteiger partial charge is 0.254 e. The van der Waals surface area contributed by atoms with Gasteiger partial charge in [0, 0.05) is 13.1 Å². The van der Waals surface area contributed by atoms with Crippen LogP contribution in [0.1, 0.15) is 15.9 Å². The van der Waals surface area contributed by atoms with Crippen molar-refractivity contribution in [2.75, 3.05) is 27.3 Å². The van der Waals surface area contributed by atoms with Crippen molar-refractivity contribution in [1.82, 2.24) is 10.6 Å². The molecule has 0 atom stereocenters. The van der Waals surface area contributed by atoms with Gasteiger partial charge in [0.2, 0.25) is 5.91 Å². The van der Waals surface area contributed by atoms with Crippen LogP contribution in [0.3, 0.4) is 0 Å². The van der Waals surface area contributed by atoms with Crippen LogP contribution in [0.2, 0.25) is 0 Å². The van der Waals surface area contributed by atoms with Crippen molar-refractivity contribution in [1.29, 1.82) is 0 Å². The molecule has 6 nitrogen and oxygen atoms in total. The van der Waals surface area contributed by atoms with E-state index >= 15 is 0 Å². The molecule has 2 aromatic rings. The van der Waals surface area contributed by atoms with Crippen LogP contribution < -0.4 is 20.1 Å². The van der Waals surface area contributed by atoms with Gasteiger partial charge in [0.25, 0.3) is 5.91 Å². The lowest BCUT2D eigenvalue weighted by atomic mass is 10.1. The molecule has 2 N–H and O–H groups in total. The van der Waals surface area contributed by atoms with E-state index in [4.69, 9.17) is 9.47 Å². The van der Waals surface area contributed by atoms with Gasteiger partial charge in [-0.3, -0.25) is 9.59 Å². The normalized spacial score (nSPS) is 10.1. The first-order valence-corrected chi connectivity index (χ1v) is 8.05. The summed E-state index contributed by atoms with van der Waals surface area (Å²) >= 11 is 0. The molecule has 0 aliphatic rings. The standard InChI is InChI=1S/C19H21FN2O4/c1-25-16-8-7-13(11-17(16)26-2)12-18(23)21-9-10-22-19(24)14-5-3-4-6-15(14)20/h3-8,11H,9-10,12H2,1-2H3,(H,21,23)(H,22,24). The predicted molar refractivity (Wildman–Crippen MR) is 95.0 cm³/mol. The molecule has 0 heterocycles. The highest BCUT2D eigenvalue weighted by Gasteiger charge is 2.11. The molecule has 0 fully saturated rings. The Bertz CT molecular complexity index is 780. The van der Waals surface area contributed by atoms with E-state index in [1.807, 2.05) is 0 Å². The van der Waals surface area contributed by atoms with E-state index in [9.17, 15) is 14.0 Å². The second-order valence-corrected chi connectivity index (χ2v) is 5.45. The summed E-state index contributed by atoms with van der Waals surface area (Å²) in [6.07, 6.45) is 0.168. The monoisotopic (exact) mass is 360 g/mol. The third-order valence-corrected chi connectivity index (χ3v) is 3.66. The van der Waals surface area contributed by atoms with Gasteiger partial charge >= 0.3 is 0 Å². The first kappa shape index (κ1) is 19.2. The Hall–Kier alpha value is -3.09. The zero-order valence-electron chi connectivity index (χ0n) is 14.7. The summed E-state index contributed by atoms with van der Waals surface area (Å²) in [7, 11) is 3.07. The van der Waals surface area contributed by atoms with Crippen LogP contribution in [-0.2, 0) is 11.2 Å². The van der Waals surface area contributed by atoms with Gasteiger partial charge < -0.3 is 20.1 Å². The van der Waals surface area contributed by atoms with Crippen LogP contribution in [-0.4, -0.2) is 39.1 Å². The van der Waals surface area contributed by atoms with Crippen molar-refractivity contribution in [3.63, 3.8) is 0 Å². The molecule has 26 heavy (non-hydrogen) atoms. The first-order chi connectivity index (χ1) is 12.5. The van der Waals surface area contributed by atoms with Crippen molar-refractivity contribution in [2.45, 2.75) is 6.42 Å². The lowest BCUT2D eigenvalue weighted by molar-refractivity contribution is -0.120. The Labute approximate surface area is 151 Å². The van der Waals surface area contributed by atoms with Crippen molar-refractivity contribution >= 4 is 11.8 Å². The highest BCUT2D eigenvalue weighted by Crippen LogP contribution is 2.27. The largest absolute Gasteiger partial charge is 0.493 e. The molecule has 7 heteroatoms. The van der Waals surface area contributed by atoms with Gasteiger partial charge in [-0.25, -0.2) is 4.39 Å². The van der Waals surface area contributed by atoms with Crippen LogP contribution in [0.4, 0.5) is 4.39 Å². The SMILES string of the molecule is COc1ccc(CC(=O)NCCNC(=O)c2ccccc2F)cc1OC. The number of methoxy groups -OCH3 is 2. The van der Waals surface area contributed by atoms with E-state index in [2.05, 4.69) is 10.6 Å². The van der Waals surface area contributed by atoms with E-state index in [0.29, 0.717) is 11.5 Å². The molecule has 0 radical (unpaired) electrons. The summed E-state index contributed by atoms with van der Waals surface area (Å²) in [6.45, 7) is 0.442. The Morgan fingerprint density at radius 1 is 0.962 bits per heavy atom. The molecule has 2 rings (SSSR count). The minimum Gasteiger partial charge on any atom is -0.493 e. The lowest BCUT2D eigenvalue weighted by Gasteiger charge is -2.10. The number of carbonyl (C=O) groups excluding carboxylic acids is 2. The number of ether oxygens (including phenoxy) is 2. The highest BCUT2D eigenvalue weighted by atomic mass is 19.1. The third-order valence-electron chi connectivity index (χ3n) is 3.66. The Morgan fingerprint density at radius 2 is 1.65 bits per heavy atom. The Morgan fingerprint density at radius 3 is 2.35 bits per heavy atom. The van der Waals surface area contributed by atoms with E-state index < -0.39 is 11.7 Å². The molecule has 2 amide bonds. The zero-order valence-corrected chi connectivity index (χ0v) is 14.7. The number of benzene rings is 2. The first-order valence-electron chi connectivity index (χ1n) is 8.05. The Kier molecular flexibility index (Phi) is 6.96. The summed E-state index contributed by atoms with van der Waals surface area (Å²) in [5.74, 6) is -0.153. The minimum atomic E-state index is -0.581. The molecule has 0 aliphatic heterocycles. The number of rotatable bonds is 8. The number of carbonyl (C=O) groups is 2. The van der Waals surface area contributed by atoms with Crippen LogP contribution in [0.5, 0.6) is 11.5 Å². The van der Waals surface area contributed by atoms with Crippen LogP contribution >= 0.6 is 0 Å². The fourth-order valence-electron chi connectivity index (χ4n) is 2.36. The summed E-state index contributed by atoms with van der Waals surface area (Å²) in [4.78, 5) is 23.8. The second kappa shape index (κ2) is 9.41. The molecule has 0 saturated carbocycles. The van der Waals surface area contributed by atoms with Gasteiger partial charge in [0.05, 0.1) is 26.2 Å². The molecular formula is C19H21FN2O4. The quantitative estimate of drug-likeness (QED) is 0.706. The molecule has 0 aliphatic carbocycles. The van der Waals surface area contributed by atoms with Crippen molar-refractivity contribution in [2.24, 2.45) is 0 Å². The van der Waals surface area contributed by atoms with Gasteiger partial charge in [-0.15, -0.1) is 0 Å². The molecule has 0 bridgehead atoms. The molecule has 0 saturated heterocycles. The third kappa shape index (κ3) is 5.20. The summed E-state index contributed by atoms with van der Waals surface area (Å²) < 4.78 is 23.8. The van der Waals surface area contributed by atoms with Crippen molar-refractivity contribution in [3.8, 4) is 11.5 Å². The maximum atomic E-state index is 13.5. The average molecular weight is 360 g/mol. The fourth-order valence-corrected chi connectivity index (χ4v) is 2.36. The van der Waals surface area contributed by atoms with E-state index in [1.165, 1.54) is 25.3 Å². The molecular weight excluding hydrogens is 339 g/mol. The van der Waals surface area contributed by atoms with E-state index in [0.717, 1.165) is 5.56 Å². The van der Waals surface area contributed by atoms with Gasteiger partial charge in [-0.2, -0.15) is 0 Å². The summed E-state index contributed by atoms with van der Waals surface area (Å²) in [6, 6.07) is 11.0. The zero-order chi connectivity index (χ0) is 18.9. The number of hydrogen-bond donors (Lipinski definition) is 2. The second-order valence-electron chi connectivity index (χ2n) is 5.45. The highest BCUT2D eigenvalue weighted by molar-refractivity contribution is 5.94. The lowest BCUT2D eigenvalue weighted by Crippen LogP contribution is -2.35. The van der Waals surface area contributed by atoms with Crippen LogP contribution in [0, 0.1) is 5.82 Å². The van der Waals surface area contributed by atoms with Gasteiger partial charge in [0.15, 0.2) is 11.5 Å². The van der Waals surface area contributed by atoms with Gasteiger partial charge in [0.1, 0.15) is 5.82 Å². The number of nitrogens with one attached hydrogen (secondary N) is 2. The van der Waals surface area contributed by atoms with E-state index in [1.54, 1.807) is 31.4 Å². The number of amides is 2. The molecule has 0 unspecified atom stereocenters. The van der Waals surface area contributed by atoms with Gasteiger partial charge in [-0.05, 0) is 29.8 Å². The molecule has 138 valence electrons. The molecule has 2 aromatic carbocycles. The average Bonchev–Trinajstić information content (AvgIpc) is 2.65. The minimum absolute atomic E-state index is 0.0239. The van der Waals surface area contributed by atoms with E-state index in [-0.39, 0.29) is 31.0 Å². The maximum absolute atomic E-state index is 13.5. The molecule has 0 aromatic heterocycles. The van der Waals surface area contributed by atoms with Crippen LogP contribution in [0.15, 0.2) is 42.5 Å². The summed E-state index contributed by atoms with van der Waals surface area (Å²) in [5, 5.41) is 5.26. The number of hydrogen-bond acceptors (Lipinski definition) is 4. The van der Waals surface area contributed by atoms with Gasteiger partial charge in [-0.1, -0.05) is 18.2 Å². The van der Waals surface area contributed by atoms with Crippen LogP contribution in [0.25, 0.3) is 0 Å². The number of halogens is 1. The maximum Gasteiger partial charge on any atom is 0.254 e. The topological polar surface area (TPSA) is 76.7 Å². The van der Waals surface area contributed by atoms with Crippen molar-refractivity contribution < 1.29 is 23.5 Å². The Balaban J connectivity index is 1.77. The summed E-state index contributed by atoms with van der Waals surface area (Å²) in [5.41, 5.74) is 0.750. The van der Waals surface area contributed by atoms with Crippen molar-refractivity contribution in [3.05, 3.63) is 59.4 Å². The predicted octanol–water partition coefficient (Wildman–Crippen LogP) is 1.93. The fraction of sp³-hybridized carbons (Fsp3) is 0.263.